The van der Waals surface area contributed by atoms with E-state index in [1.54, 1.807) is 0 Å². The first-order valence-electron chi connectivity index (χ1n) is 7.21. The van der Waals surface area contributed by atoms with Crippen molar-refractivity contribution in [1.82, 2.24) is 15.2 Å². The fourth-order valence-corrected chi connectivity index (χ4v) is 2.61. The van der Waals surface area contributed by atoms with Crippen LogP contribution in [0.3, 0.4) is 0 Å². The summed E-state index contributed by atoms with van der Waals surface area (Å²) in [6.45, 7) is 0.715. The predicted molar refractivity (Wildman–Crippen MR) is 91.3 cm³/mol. The van der Waals surface area contributed by atoms with Crippen molar-refractivity contribution >= 4 is 34.1 Å². The summed E-state index contributed by atoms with van der Waals surface area (Å²) in [5.41, 5.74) is 7.59. The van der Waals surface area contributed by atoms with Gasteiger partial charge < -0.3 is 11.1 Å². The lowest BCUT2D eigenvalue weighted by Gasteiger charge is -2.07. The molecule has 0 bridgehead atoms. The Labute approximate surface area is 138 Å². The minimum atomic E-state index is 0.251. The Morgan fingerprint density at radius 3 is 3.00 bits per heavy atom. The Balaban J connectivity index is 1.61. The van der Waals surface area contributed by atoms with Crippen molar-refractivity contribution < 1.29 is 0 Å². The van der Waals surface area contributed by atoms with E-state index in [-0.39, 0.29) is 5.82 Å². The first-order chi connectivity index (χ1) is 11.2. The zero-order valence-electron chi connectivity index (χ0n) is 12.3. The highest BCUT2D eigenvalue weighted by Crippen LogP contribution is 2.23. The van der Waals surface area contributed by atoms with E-state index in [1.807, 2.05) is 30.3 Å². The molecule has 2 aromatic heterocycles. The van der Waals surface area contributed by atoms with Crippen LogP contribution >= 0.6 is 11.6 Å². The van der Waals surface area contributed by atoms with Crippen LogP contribution in [-0.4, -0.2) is 21.7 Å². The van der Waals surface area contributed by atoms with Crippen LogP contribution in [0.4, 0.5) is 11.6 Å². The van der Waals surface area contributed by atoms with Gasteiger partial charge in [0.15, 0.2) is 5.82 Å². The Bertz CT molecular complexity index is 880. The van der Waals surface area contributed by atoms with Crippen molar-refractivity contribution in [3.05, 3.63) is 46.6 Å². The van der Waals surface area contributed by atoms with Gasteiger partial charge in [0, 0.05) is 11.9 Å². The SMILES string of the molecule is N#Cc1c(N)n[nH]c1CCCNc1ccc2cccc(Cl)c2n1. The number of benzene rings is 1. The highest BCUT2D eigenvalue weighted by atomic mass is 35.5. The molecule has 3 aromatic rings. The van der Waals surface area contributed by atoms with Gasteiger partial charge in [0.1, 0.15) is 17.5 Å². The van der Waals surface area contributed by atoms with Gasteiger partial charge in [0.2, 0.25) is 0 Å². The minimum Gasteiger partial charge on any atom is -0.381 e. The zero-order chi connectivity index (χ0) is 16.2. The summed E-state index contributed by atoms with van der Waals surface area (Å²) >= 11 is 6.16. The van der Waals surface area contributed by atoms with Gasteiger partial charge in [-0.25, -0.2) is 4.98 Å². The average Bonchev–Trinajstić information content (AvgIpc) is 2.92. The molecule has 0 radical (unpaired) electrons. The first-order valence-corrected chi connectivity index (χ1v) is 7.59. The van der Waals surface area contributed by atoms with Gasteiger partial charge in [-0.3, -0.25) is 5.10 Å². The third-order valence-corrected chi connectivity index (χ3v) is 3.87. The number of nitriles is 1. The van der Waals surface area contributed by atoms with E-state index < -0.39 is 0 Å². The van der Waals surface area contributed by atoms with Crippen LogP contribution in [0.2, 0.25) is 5.02 Å². The first kappa shape index (κ1) is 15.1. The molecular formula is C16H15ClN6. The van der Waals surface area contributed by atoms with Crippen LogP contribution in [0.25, 0.3) is 10.9 Å². The minimum absolute atomic E-state index is 0.251. The third-order valence-electron chi connectivity index (χ3n) is 3.56. The maximum absolute atomic E-state index is 9.02. The largest absolute Gasteiger partial charge is 0.381 e. The molecule has 0 fully saturated rings. The van der Waals surface area contributed by atoms with E-state index in [1.165, 1.54) is 0 Å². The Morgan fingerprint density at radius 1 is 1.30 bits per heavy atom. The maximum Gasteiger partial charge on any atom is 0.163 e. The molecule has 116 valence electrons. The third kappa shape index (κ3) is 3.20. The second-order valence-electron chi connectivity index (χ2n) is 5.11. The van der Waals surface area contributed by atoms with Crippen LogP contribution in [0.15, 0.2) is 30.3 Å². The van der Waals surface area contributed by atoms with E-state index >= 15 is 0 Å². The smallest absolute Gasteiger partial charge is 0.163 e. The lowest BCUT2D eigenvalue weighted by molar-refractivity contribution is 0.823. The number of aryl methyl sites for hydroxylation is 1. The van der Waals surface area contributed by atoms with Crippen molar-refractivity contribution in [3.63, 3.8) is 0 Å². The number of hydrogen-bond donors (Lipinski definition) is 3. The molecule has 0 atom stereocenters. The molecule has 0 aliphatic carbocycles. The molecular weight excluding hydrogens is 312 g/mol. The molecule has 2 heterocycles. The van der Waals surface area contributed by atoms with E-state index in [0.29, 0.717) is 23.6 Å². The number of nitrogens with two attached hydrogens (primary N) is 1. The summed E-state index contributed by atoms with van der Waals surface area (Å²) in [5.74, 6) is 1.02. The lowest BCUT2D eigenvalue weighted by Crippen LogP contribution is -2.05. The van der Waals surface area contributed by atoms with E-state index in [9.17, 15) is 0 Å². The zero-order valence-corrected chi connectivity index (χ0v) is 13.1. The topological polar surface area (TPSA) is 103 Å². The molecule has 0 aliphatic rings. The van der Waals surface area contributed by atoms with Crippen LogP contribution < -0.4 is 11.1 Å². The highest BCUT2D eigenvalue weighted by molar-refractivity contribution is 6.35. The van der Waals surface area contributed by atoms with Gasteiger partial charge in [0.05, 0.1) is 16.2 Å². The number of halogens is 1. The number of para-hydroxylation sites is 1. The van der Waals surface area contributed by atoms with Gasteiger partial charge >= 0.3 is 0 Å². The monoisotopic (exact) mass is 326 g/mol. The summed E-state index contributed by atoms with van der Waals surface area (Å²) in [6.07, 6.45) is 1.51. The fraction of sp³-hybridized carbons (Fsp3) is 0.188. The molecule has 3 rings (SSSR count). The van der Waals surface area contributed by atoms with Gasteiger partial charge in [-0.1, -0.05) is 23.7 Å². The quantitative estimate of drug-likeness (QED) is 0.625. The number of anilines is 2. The molecule has 7 heteroatoms. The fourth-order valence-electron chi connectivity index (χ4n) is 2.39. The van der Waals surface area contributed by atoms with Crippen molar-refractivity contribution in [1.29, 1.82) is 5.26 Å². The Morgan fingerprint density at radius 2 is 2.17 bits per heavy atom. The van der Waals surface area contributed by atoms with Gasteiger partial charge in [-0.15, -0.1) is 0 Å². The maximum atomic E-state index is 9.02. The second-order valence-corrected chi connectivity index (χ2v) is 5.52. The molecule has 0 aliphatic heterocycles. The molecule has 0 saturated heterocycles. The number of fused-ring (bicyclic) bond motifs is 1. The Kier molecular flexibility index (Phi) is 4.31. The molecule has 23 heavy (non-hydrogen) atoms. The van der Waals surface area contributed by atoms with E-state index in [4.69, 9.17) is 22.6 Å². The van der Waals surface area contributed by atoms with Crippen LogP contribution in [0.1, 0.15) is 17.7 Å². The Hall–Kier alpha value is -2.78. The van der Waals surface area contributed by atoms with Crippen molar-refractivity contribution in [2.24, 2.45) is 0 Å². The summed E-state index contributed by atoms with van der Waals surface area (Å²) in [7, 11) is 0. The number of nitrogen functional groups attached to an aromatic ring is 1. The number of hydrogen-bond acceptors (Lipinski definition) is 5. The van der Waals surface area contributed by atoms with Crippen LogP contribution in [-0.2, 0) is 6.42 Å². The van der Waals surface area contributed by atoms with E-state index in [0.717, 1.165) is 28.8 Å². The summed E-state index contributed by atoms with van der Waals surface area (Å²) in [6, 6.07) is 11.7. The molecule has 0 saturated carbocycles. The van der Waals surface area contributed by atoms with Crippen LogP contribution in [0, 0.1) is 11.3 Å². The average molecular weight is 327 g/mol. The molecule has 0 spiro atoms. The number of aromatic nitrogens is 3. The van der Waals surface area contributed by atoms with Crippen LogP contribution in [0.5, 0.6) is 0 Å². The summed E-state index contributed by atoms with van der Waals surface area (Å²) in [5, 5.41) is 20.6. The number of rotatable bonds is 5. The number of nitrogens with one attached hydrogen (secondary N) is 2. The van der Waals surface area contributed by atoms with Crippen molar-refractivity contribution in [3.8, 4) is 6.07 Å². The standard InChI is InChI=1S/C16H15ClN6/c17-12-4-1-3-10-6-7-14(21-15(10)12)20-8-2-5-13-11(9-18)16(19)23-22-13/h1,3-4,6-7H,2,5,8H2,(H,20,21)(H3,19,22,23). The number of nitrogens with zero attached hydrogens (tertiary/aromatic N) is 3. The molecule has 0 amide bonds. The number of aromatic amines is 1. The normalized spacial score (nSPS) is 10.6. The van der Waals surface area contributed by atoms with Gasteiger partial charge in [-0.2, -0.15) is 10.4 Å². The molecule has 4 N–H and O–H groups in total. The van der Waals surface area contributed by atoms with Gasteiger partial charge in [0.25, 0.3) is 0 Å². The number of pyridine rings is 1. The lowest BCUT2D eigenvalue weighted by atomic mass is 10.1. The summed E-state index contributed by atoms with van der Waals surface area (Å²) in [4.78, 5) is 4.52. The molecule has 1 aromatic carbocycles. The van der Waals surface area contributed by atoms with Crippen molar-refractivity contribution in [2.45, 2.75) is 12.8 Å². The second kappa shape index (κ2) is 6.55. The molecule has 0 unspecified atom stereocenters. The van der Waals surface area contributed by atoms with E-state index in [2.05, 4.69) is 26.6 Å². The van der Waals surface area contributed by atoms with Gasteiger partial charge in [-0.05, 0) is 31.0 Å². The predicted octanol–water partition coefficient (Wildman–Crippen LogP) is 3.11. The van der Waals surface area contributed by atoms with Crippen molar-refractivity contribution in [2.75, 3.05) is 17.6 Å². The summed E-state index contributed by atoms with van der Waals surface area (Å²) < 4.78 is 0. The molecule has 6 nitrogen and oxygen atoms in total. The number of H-pyrrole nitrogens is 1. The highest BCUT2D eigenvalue weighted by Gasteiger charge is 2.09.